The summed E-state index contributed by atoms with van der Waals surface area (Å²) < 4.78 is 19.2. The number of rotatable bonds is 4. The van der Waals surface area contributed by atoms with Gasteiger partial charge < -0.3 is 9.84 Å². The molecular formula is C25H18Cl2FNO4. The number of aliphatic hydroxyl groups excluding tert-OH is 1. The molecule has 168 valence electrons. The SMILES string of the molecule is COc1ccc(/C(O)=C2/C(=O)C(=O)N(c3cccc(F)c3)C2c2ccc(Cl)c(Cl)c2)c(C)c1. The van der Waals surface area contributed by atoms with Gasteiger partial charge in [-0.2, -0.15) is 0 Å². The summed E-state index contributed by atoms with van der Waals surface area (Å²) >= 11 is 12.3. The Morgan fingerprint density at radius 3 is 2.42 bits per heavy atom. The van der Waals surface area contributed by atoms with E-state index in [4.69, 9.17) is 27.9 Å². The van der Waals surface area contributed by atoms with E-state index in [9.17, 15) is 19.1 Å². The van der Waals surface area contributed by atoms with E-state index in [1.54, 1.807) is 31.2 Å². The number of benzene rings is 3. The molecule has 0 aromatic heterocycles. The Bertz CT molecular complexity index is 1320. The van der Waals surface area contributed by atoms with Crippen LogP contribution in [0.15, 0.2) is 66.2 Å². The molecular weight excluding hydrogens is 468 g/mol. The van der Waals surface area contributed by atoms with Gasteiger partial charge in [-0.05, 0) is 66.6 Å². The maximum Gasteiger partial charge on any atom is 0.300 e. The van der Waals surface area contributed by atoms with Crippen molar-refractivity contribution >= 4 is 46.3 Å². The van der Waals surface area contributed by atoms with E-state index in [0.717, 1.165) is 11.0 Å². The van der Waals surface area contributed by atoms with E-state index in [0.29, 0.717) is 22.4 Å². The first-order valence-corrected chi connectivity index (χ1v) is 10.6. The number of aryl methyl sites for hydroxylation is 1. The molecule has 0 radical (unpaired) electrons. The average molecular weight is 486 g/mol. The number of anilines is 1. The Hall–Kier alpha value is -3.35. The summed E-state index contributed by atoms with van der Waals surface area (Å²) in [7, 11) is 1.52. The predicted molar refractivity (Wildman–Crippen MR) is 125 cm³/mol. The highest BCUT2D eigenvalue weighted by Crippen LogP contribution is 2.43. The number of methoxy groups -OCH3 is 1. The number of ether oxygens (including phenoxy) is 1. The third kappa shape index (κ3) is 4.08. The molecule has 1 aliphatic rings. The van der Waals surface area contributed by atoms with Crippen LogP contribution in [-0.2, 0) is 9.59 Å². The van der Waals surface area contributed by atoms with Crippen molar-refractivity contribution in [1.82, 2.24) is 0 Å². The lowest BCUT2D eigenvalue weighted by Crippen LogP contribution is -2.29. The van der Waals surface area contributed by atoms with Crippen LogP contribution in [0.2, 0.25) is 10.0 Å². The normalized spacial score (nSPS) is 17.5. The smallest absolute Gasteiger partial charge is 0.300 e. The third-order valence-electron chi connectivity index (χ3n) is 5.48. The number of ketones is 1. The number of hydrogen-bond donors (Lipinski definition) is 1. The Morgan fingerprint density at radius 2 is 1.79 bits per heavy atom. The molecule has 0 bridgehead atoms. The van der Waals surface area contributed by atoms with Gasteiger partial charge in [0.1, 0.15) is 17.3 Å². The monoisotopic (exact) mass is 485 g/mol. The van der Waals surface area contributed by atoms with Crippen molar-refractivity contribution in [2.75, 3.05) is 12.0 Å². The van der Waals surface area contributed by atoms with Gasteiger partial charge >= 0.3 is 0 Å². The van der Waals surface area contributed by atoms with Crippen molar-refractivity contribution in [2.45, 2.75) is 13.0 Å². The molecule has 1 unspecified atom stereocenters. The highest BCUT2D eigenvalue weighted by Gasteiger charge is 2.47. The fourth-order valence-corrected chi connectivity index (χ4v) is 4.20. The number of nitrogens with zero attached hydrogens (tertiary/aromatic N) is 1. The number of halogens is 3. The van der Waals surface area contributed by atoms with E-state index in [2.05, 4.69) is 0 Å². The minimum absolute atomic E-state index is 0.143. The van der Waals surface area contributed by atoms with Crippen LogP contribution in [0.25, 0.3) is 5.76 Å². The lowest BCUT2D eigenvalue weighted by Gasteiger charge is -2.26. The van der Waals surface area contributed by atoms with Gasteiger partial charge in [-0.25, -0.2) is 4.39 Å². The number of aliphatic hydroxyl groups is 1. The maximum atomic E-state index is 14.0. The predicted octanol–water partition coefficient (Wildman–Crippen LogP) is 6.08. The fraction of sp³-hybridized carbons (Fsp3) is 0.120. The second-order valence-corrected chi connectivity index (χ2v) is 8.32. The van der Waals surface area contributed by atoms with Gasteiger partial charge in [0.15, 0.2) is 0 Å². The van der Waals surface area contributed by atoms with Crippen molar-refractivity contribution in [3.8, 4) is 5.75 Å². The van der Waals surface area contributed by atoms with Crippen LogP contribution in [0.3, 0.4) is 0 Å². The third-order valence-corrected chi connectivity index (χ3v) is 6.22. The number of carbonyl (C=O) groups is 2. The lowest BCUT2D eigenvalue weighted by molar-refractivity contribution is -0.132. The Morgan fingerprint density at radius 1 is 1.03 bits per heavy atom. The number of carbonyl (C=O) groups excluding carboxylic acids is 2. The molecule has 3 aromatic carbocycles. The molecule has 1 N–H and O–H groups in total. The van der Waals surface area contributed by atoms with Gasteiger partial charge in [-0.3, -0.25) is 14.5 Å². The largest absolute Gasteiger partial charge is 0.507 e. The molecule has 5 nitrogen and oxygen atoms in total. The summed E-state index contributed by atoms with van der Waals surface area (Å²) in [5.74, 6) is -2.16. The zero-order chi connectivity index (χ0) is 23.9. The summed E-state index contributed by atoms with van der Waals surface area (Å²) in [5.41, 5.74) is 1.45. The Balaban J connectivity index is 1.98. The van der Waals surface area contributed by atoms with Crippen LogP contribution in [0, 0.1) is 12.7 Å². The van der Waals surface area contributed by atoms with Crippen molar-refractivity contribution in [3.05, 3.63) is 98.8 Å². The number of amides is 1. The van der Waals surface area contributed by atoms with E-state index < -0.39 is 23.5 Å². The van der Waals surface area contributed by atoms with E-state index >= 15 is 0 Å². The highest BCUT2D eigenvalue weighted by molar-refractivity contribution is 6.51. The Labute approximate surface area is 199 Å². The fourth-order valence-electron chi connectivity index (χ4n) is 3.90. The van der Waals surface area contributed by atoms with Crippen LogP contribution >= 0.6 is 23.2 Å². The first-order valence-electron chi connectivity index (χ1n) is 9.89. The second kappa shape index (κ2) is 8.89. The summed E-state index contributed by atoms with van der Waals surface area (Å²) in [6.07, 6.45) is 0. The van der Waals surface area contributed by atoms with E-state index in [1.165, 1.54) is 37.4 Å². The summed E-state index contributed by atoms with van der Waals surface area (Å²) in [5, 5.41) is 11.7. The molecule has 3 aromatic rings. The van der Waals surface area contributed by atoms with Gasteiger partial charge in [-0.15, -0.1) is 0 Å². The second-order valence-electron chi connectivity index (χ2n) is 7.50. The van der Waals surface area contributed by atoms with Crippen molar-refractivity contribution in [1.29, 1.82) is 0 Å². The highest BCUT2D eigenvalue weighted by atomic mass is 35.5. The average Bonchev–Trinajstić information content (AvgIpc) is 3.05. The van der Waals surface area contributed by atoms with Gasteiger partial charge in [0.2, 0.25) is 0 Å². The molecule has 0 aliphatic carbocycles. The molecule has 1 fully saturated rings. The van der Waals surface area contributed by atoms with Crippen molar-refractivity contribution in [2.24, 2.45) is 0 Å². The molecule has 0 saturated carbocycles. The number of hydrogen-bond acceptors (Lipinski definition) is 4. The standard InChI is InChI=1S/C25H18Cl2FNO4/c1-13-10-17(33-2)7-8-18(13)23(30)21-22(14-6-9-19(26)20(27)11-14)29(25(32)24(21)31)16-5-3-4-15(28)12-16/h3-12,22,30H,1-2H3/b23-21-. The number of Topliss-reactive ketones (excluding diaryl/α,β-unsaturated/α-hetero) is 1. The first kappa shape index (κ1) is 22.8. The summed E-state index contributed by atoms with van der Waals surface area (Å²) in [6, 6.07) is 13.9. The molecule has 0 spiro atoms. The van der Waals surface area contributed by atoms with Crippen molar-refractivity contribution in [3.63, 3.8) is 0 Å². The minimum Gasteiger partial charge on any atom is -0.507 e. The van der Waals surface area contributed by atoms with Crippen molar-refractivity contribution < 1.29 is 23.8 Å². The molecule has 1 atom stereocenters. The molecule has 1 amide bonds. The van der Waals surface area contributed by atoms with Gasteiger partial charge in [-0.1, -0.05) is 35.3 Å². The van der Waals surface area contributed by atoms with Crippen LogP contribution < -0.4 is 9.64 Å². The van der Waals surface area contributed by atoms with Crippen LogP contribution in [0.4, 0.5) is 10.1 Å². The van der Waals surface area contributed by atoms with Gasteiger partial charge in [0.05, 0.1) is 28.8 Å². The van der Waals surface area contributed by atoms with Gasteiger partial charge in [0, 0.05) is 11.3 Å². The topological polar surface area (TPSA) is 66.8 Å². The minimum atomic E-state index is -1.05. The quantitative estimate of drug-likeness (QED) is 0.276. The van der Waals surface area contributed by atoms with E-state index in [1.807, 2.05) is 0 Å². The summed E-state index contributed by atoms with van der Waals surface area (Å²) in [4.78, 5) is 27.4. The zero-order valence-electron chi connectivity index (χ0n) is 17.6. The molecule has 1 aliphatic heterocycles. The maximum absolute atomic E-state index is 14.0. The molecule has 4 rings (SSSR count). The molecule has 1 heterocycles. The lowest BCUT2D eigenvalue weighted by atomic mass is 9.93. The first-order chi connectivity index (χ1) is 15.7. The molecule has 1 saturated heterocycles. The zero-order valence-corrected chi connectivity index (χ0v) is 19.1. The summed E-state index contributed by atoms with van der Waals surface area (Å²) in [6.45, 7) is 1.74. The molecule has 8 heteroatoms. The van der Waals surface area contributed by atoms with Gasteiger partial charge in [0.25, 0.3) is 11.7 Å². The van der Waals surface area contributed by atoms with Crippen LogP contribution in [0.1, 0.15) is 22.7 Å². The van der Waals surface area contributed by atoms with Crippen LogP contribution in [-0.4, -0.2) is 23.9 Å². The van der Waals surface area contributed by atoms with Crippen LogP contribution in [0.5, 0.6) is 5.75 Å². The Kier molecular flexibility index (Phi) is 6.15. The molecule has 33 heavy (non-hydrogen) atoms. The van der Waals surface area contributed by atoms with E-state index in [-0.39, 0.29) is 27.1 Å².